The number of carbonyl (C=O) groups excluding carboxylic acids is 2. The molecule has 8 atom stereocenters. The van der Waals surface area contributed by atoms with Gasteiger partial charge in [-0.2, -0.15) is 10.5 Å². The van der Waals surface area contributed by atoms with Gasteiger partial charge in [-0.25, -0.2) is 0 Å². The van der Waals surface area contributed by atoms with Gasteiger partial charge in [-0.15, -0.1) is 0 Å². The van der Waals surface area contributed by atoms with Crippen molar-refractivity contribution in [1.82, 2.24) is 0 Å². The Morgan fingerprint density at radius 2 is 1.49 bits per heavy atom. The van der Waals surface area contributed by atoms with Crippen LogP contribution in [-0.2, 0) is 14.3 Å². The number of nitrogens with zero attached hydrogens (tertiary/aromatic N) is 2. The molecule has 4 aliphatic carbocycles. The molecule has 37 heavy (non-hydrogen) atoms. The van der Waals surface area contributed by atoms with Crippen molar-refractivity contribution >= 4 is 11.6 Å². The summed E-state index contributed by atoms with van der Waals surface area (Å²) in [5, 5.41) is 20.4. The highest BCUT2D eigenvalue weighted by molar-refractivity contribution is 5.99. The molecule has 0 aromatic rings. The van der Waals surface area contributed by atoms with Gasteiger partial charge in [0.2, 0.25) is 5.60 Å². The maximum absolute atomic E-state index is 13.8. The molecule has 0 radical (unpaired) electrons. The second-order valence-corrected chi connectivity index (χ2v) is 15.7. The molecule has 202 valence electrons. The molecule has 5 heteroatoms. The Hall–Kier alpha value is -1.72. The van der Waals surface area contributed by atoms with Crippen LogP contribution in [0.4, 0.5) is 0 Å². The van der Waals surface area contributed by atoms with E-state index in [1.807, 2.05) is 13.8 Å². The second kappa shape index (κ2) is 7.69. The van der Waals surface area contributed by atoms with Crippen molar-refractivity contribution in [1.29, 1.82) is 10.5 Å². The topological polar surface area (TPSA) is 94.2 Å². The van der Waals surface area contributed by atoms with E-state index in [0.29, 0.717) is 17.6 Å². The van der Waals surface area contributed by atoms with Crippen LogP contribution < -0.4 is 0 Å². The number of nitriles is 2. The summed E-state index contributed by atoms with van der Waals surface area (Å²) in [6.07, 6.45) is 7.63. The molecule has 5 nitrogen and oxygen atoms in total. The Kier molecular flexibility index (Phi) is 5.58. The summed E-state index contributed by atoms with van der Waals surface area (Å²) >= 11 is 0. The van der Waals surface area contributed by atoms with Crippen LogP contribution in [0, 0.1) is 72.9 Å². The smallest absolute Gasteiger partial charge is 0.240 e. The van der Waals surface area contributed by atoms with Crippen LogP contribution in [0.25, 0.3) is 0 Å². The number of carbonyl (C=O) groups is 2. The van der Waals surface area contributed by atoms with E-state index >= 15 is 0 Å². The number of hydrogen-bond donors (Lipinski definition) is 0. The highest BCUT2D eigenvalue weighted by Crippen LogP contribution is 2.76. The number of rotatable bonds is 3. The molecule has 1 saturated heterocycles. The van der Waals surface area contributed by atoms with E-state index in [1.165, 1.54) is 0 Å². The minimum Gasteiger partial charge on any atom is -0.343 e. The second-order valence-electron chi connectivity index (χ2n) is 15.7. The highest BCUT2D eigenvalue weighted by Gasteiger charge is 2.83. The van der Waals surface area contributed by atoms with E-state index in [2.05, 4.69) is 53.7 Å². The molecule has 4 saturated carbocycles. The summed E-state index contributed by atoms with van der Waals surface area (Å²) in [5.74, 6) is 0.261. The lowest BCUT2D eigenvalue weighted by Crippen LogP contribution is -2.68. The van der Waals surface area contributed by atoms with Crippen LogP contribution in [0.15, 0.2) is 0 Å². The number of ketones is 2. The molecule has 5 rings (SSSR count). The fourth-order valence-electron chi connectivity index (χ4n) is 10.2. The Morgan fingerprint density at radius 3 is 2.05 bits per heavy atom. The summed E-state index contributed by atoms with van der Waals surface area (Å²) in [4.78, 5) is 27.2. The molecule has 0 N–H and O–H groups in total. The quantitative estimate of drug-likeness (QED) is 0.392. The number of fused-ring (bicyclic) bond motifs is 5. The lowest BCUT2D eigenvalue weighted by molar-refractivity contribution is -0.204. The zero-order valence-corrected chi connectivity index (χ0v) is 24.3. The lowest BCUT2D eigenvalue weighted by Gasteiger charge is -2.68. The molecule has 0 bridgehead atoms. The first-order valence-corrected chi connectivity index (χ1v) is 14.6. The third-order valence-electron chi connectivity index (χ3n) is 13.4. The molecule has 1 unspecified atom stereocenters. The zero-order chi connectivity index (χ0) is 27.4. The average Bonchev–Trinajstić information content (AvgIpc) is 3.60. The van der Waals surface area contributed by atoms with Crippen molar-refractivity contribution in [3.05, 3.63) is 0 Å². The normalized spacial score (nSPS) is 49.0. The van der Waals surface area contributed by atoms with Gasteiger partial charge in [0.05, 0.1) is 11.5 Å². The van der Waals surface area contributed by atoms with E-state index in [-0.39, 0.29) is 39.8 Å². The van der Waals surface area contributed by atoms with Gasteiger partial charge in [0.15, 0.2) is 5.78 Å². The van der Waals surface area contributed by atoms with Crippen LogP contribution >= 0.6 is 0 Å². The maximum atomic E-state index is 13.8. The van der Waals surface area contributed by atoms with Gasteiger partial charge in [-0.3, -0.25) is 9.59 Å². The molecule has 0 amide bonds. The van der Waals surface area contributed by atoms with Gasteiger partial charge in [-0.1, -0.05) is 55.4 Å². The Bertz CT molecular complexity index is 1120. The van der Waals surface area contributed by atoms with Crippen LogP contribution in [0.3, 0.4) is 0 Å². The van der Waals surface area contributed by atoms with E-state index in [0.717, 1.165) is 51.4 Å². The fraction of sp³-hybridized carbons (Fsp3) is 0.875. The minimum absolute atomic E-state index is 0.0448. The van der Waals surface area contributed by atoms with Gasteiger partial charge in [-0.05, 0) is 79.4 Å². The Balaban J connectivity index is 1.52. The monoisotopic (exact) mass is 506 g/mol. The summed E-state index contributed by atoms with van der Waals surface area (Å²) in [6, 6.07) is 5.00. The van der Waals surface area contributed by atoms with Crippen LogP contribution in [-0.4, -0.2) is 23.3 Å². The predicted octanol–water partition coefficient (Wildman–Crippen LogP) is 6.80. The van der Waals surface area contributed by atoms with Crippen LogP contribution in [0.5, 0.6) is 0 Å². The molecular weight excluding hydrogens is 460 g/mol. The molecule has 0 aromatic heterocycles. The Labute approximate surface area is 223 Å². The van der Waals surface area contributed by atoms with Crippen LogP contribution in [0.1, 0.15) is 113 Å². The fourth-order valence-corrected chi connectivity index (χ4v) is 10.2. The van der Waals surface area contributed by atoms with E-state index in [9.17, 15) is 20.1 Å². The summed E-state index contributed by atoms with van der Waals surface area (Å²) in [7, 11) is 0. The molecule has 5 fully saturated rings. The maximum Gasteiger partial charge on any atom is 0.240 e. The van der Waals surface area contributed by atoms with Gasteiger partial charge in [0, 0.05) is 23.2 Å². The first-order chi connectivity index (χ1) is 17.0. The first kappa shape index (κ1) is 26.9. The molecule has 1 heterocycles. The van der Waals surface area contributed by atoms with Gasteiger partial charge >= 0.3 is 0 Å². The average molecular weight is 507 g/mol. The van der Waals surface area contributed by atoms with Crippen molar-refractivity contribution in [2.45, 2.75) is 125 Å². The standard InChI is InChI=1S/C32H46N2O3/c1-20-21(35)17-23-29(7,28(20,6)13-16-31(18-33)14-11-26(2,3)12-15-31)10-9-22-27(4,5)24(36)32(19-34)25(37-32)30(22,23)8/h20,22-23,25H,9-17H2,1-8H3/t20?,22-,23-,25+,28+,29+,30-,32-/m0/s1. The predicted molar refractivity (Wildman–Crippen MR) is 141 cm³/mol. The van der Waals surface area contributed by atoms with Crippen molar-refractivity contribution < 1.29 is 14.3 Å². The summed E-state index contributed by atoms with van der Waals surface area (Å²) in [5.41, 5.74) is -2.84. The molecule has 0 spiro atoms. The van der Waals surface area contributed by atoms with Gasteiger partial charge in [0.25, 0.3) is 0 Å². The number of hydrogen-bond acceptors (Lipinski definition) is 5. The van der Waals surface area contributed by atoms with Crippen LogP contribution in [0.2, 0.25) is 0 Å². The third-order valence-corrected chi connectivity index (χ3v) is 13.4. The minimum atomic E-state index is -1.35. The lowest BCUT2D eigenvalue weighted by atomic mass is 9.34. The number of Topliss-reactive ketones (excluding diaryl/α,β-unsaturated/α-hetero) is 2. The first-order valence-electron chi connectivity index (χ1n) is 14.6. The summed E-state index contributed by atoms with van der Waals surface area (Å²) < 4.78 is 6.10. The molecule has 0 aromatic carbocycles. The number of epoxide rings is 1. The largest absolute Gasteiger partial charge is 0.343 e. The van der Waals surface area contributed by atoms with E-state index < -0.39 is 22.5 Å². The third kappa shape index (κ3) is 3.22. The van der Waals surface area contributed by atoms with Crippen molar-refractivity contribution in [2.75, 3.05) is 0 Å². The highest BCUT2D eigenvalue weighted by atomic mass is 16.6. The SMILES string of the molecule is CC1C(=O)C[C@@H]2[C@@]3(C)[C@H]4O[C@@]4(C#N)C(=O)C(C)(C)[C@@H]3CC[C@@]2(C)[C@]1(C)CCC1(C#N)CCC(C)(C)CC1. The van der Waals surface area contributed by atoms with Crippen molar-refractivity contribution in [2.24, 2.45) is 50.2 Å². The molecular formula is C32H46N2O3. The Morgan fingerprint density at radius 1 is 0.865 bits per heavy atom. The van der Waals surface area contributed by atoms with Crippen molar-refractivity contribution in [3.63, 3.8) is 0 Å². The van der Waals surface area contributed by atoms with E-state index in [1.54, 1.807) is 0 Å². The van der Waals surface area contributed by atoms with Gasteiger partial charge in [0.1, 0.15) is 18.0 Å². The van der Waals surface area contributed by atoms with Crippen molar-refractivity contribution in [3.8, 4) is 12.1 Å². The summed E-state index contributed by atoms with van der Waals surface area (Å²) in [6.45, 7) is 17.6. The van der Waals surface area contributed by atoms with Gasteiger partial charge < -0.3 is 4.74 Å². The number of ether oxygens (including phenoxy) is 1. The zero-order valence-electron chi connectivity index (χ0n) is 24.3. The van der Waals surface area contributed by atoms with E-state index in [4.69, 9.17) is 4.74 Å². The molecule has 5 aliphatic rings. The molecule has 1 aliphatic heterocycles.